The minimum absolute atomic E-state index is 0. The molecule has 2 rings (SSSR count). The van der Waals surface area contributed by atoms with Crippen molar-refractivity contribution in [2.75, 3.05) is 25.0 Å². The second kappa shape index (κ2) is 6.99. The van der Waals surface area contributed by atoms with E-state index in [-0.39, 0.29) is 24.9 Å². The monoisotopic (exact) mass is 284 g/mol. The summed E-state index contributed by atoms with van der Waals surface area (Å²) < 4.78 is 4.74. The van der Waals surface area contributed by atoms with Crippen LogP contribution in [0.5, 0.6) is 0 Å². The summed E-state index contributed by atoms with van der Waals surface area (Å²) in [6, 6.07) is 5.50. The highest BCUT2D eigenvalue weighted by atomic mass is 35.5. The third-order valence-electron chi connectivity index (χ3n) is 2.78. The van der Waals surface area contributed by atoms with Gasteiger partial charge in [0.1, 0.15) is 6.54 Å². The summed E-state index contributed by atoms with van der Waals surface area (Å²) in [5.74, 6) is -0.675. The largest absolute Gasteiger partial charge is 0.465 e. The molecule has 1 aromatic carbocycles. The molecule has 1 aliphatic heterocycles. The van der Waals surface area contributed by atoms with Gasteiger partial charge in [0.25, 0.3) is 5.91 Å². The Hall–Kier alpha value is -1.75. The zero-order valence-electron chi connectivity index (χ0n) is 10.7. The van der Waals surface area contributed by atoms with E-state index in [0.717, 1.165) is 24.2 Å². The van der Waals surface area contributed by atoms with Crippen molar-refractivity contribution in [2.45, 2.75) is 13.3 Å². The molecule has 1 heterocycles. The molecular weight excluding hydrogens is 268 g/mol. The molecule has 1 aromatic rings. The maximum absolute atomic E-state index is 11.8. The number of benzene rings is 1. The highest BCUT2D eigenvalue weighted by Gasteiger charge is 2.14. The second-order valence-electron chi connectivity index (χ2n) is 4.04. The molecule has 0 radical (unpaired) electrons. The number of rotatable bonds is 4. The number of halogens is 1. The van der Waals surface area contributed by atoms with Gasteiger partial charge in [-0.05, 0) is 37.1 Å². The molecule has 5 nitrogen and oxygen atoms in total. The number of amides is 1. The Bertz CT molecular complexity index is 477. The molecule has 0 saturated heterocycles. The summed E-state index contributed by atoms with van der Waals surface area (Å²) in [6.45, 7) is 2.86. The quantitative estimate of drug-likeness (QED) is 0.820. The molecular formula is C13H17ClN2O3. The first kappa shape index (κ1) is 15.3. The van der Waals surface area contributed by atoms with Crippen molar-refractivity contribution in [3.05, 3.63) is 29.3 Å². The normalized spacial score (nSPS) is 11.8. The van der Waals surface area contributed by atoms with Crippen LogP contribution in [-0.2, 0) is 16.0 Å². The van der Waals surface area contributed by atoms with Crippen molar-refractivity contribution >= 4 is 30.0 Å². The number of hydrogen-bond donors (Lipinski definition) is 2. The Labute approximate surface area is 118 Å². The first-order valence-corrected chi connectivity index (χ1v) is 6.01. The van der Waals surface area contributed by atoms with E-state index in [4.69, 9.17) is 4.74 Å². The third-order valence-corrected chi connectivity index (χ3v) is 2.78. The van der Waals surface area contributed by atoms with E-state index in [1.807, 2.05) is 12.1 Å². The SMILES string of the molecule is CCOC(=O)CNC(=O)c1ccc2c(c1)CCN2.Cl. The smallest absolute Gasteiger partial charge is 0.325 e. The predicted molar refractivity (Wildman–Crippen MR) is 74.8 cm³/mol. The number of carbonyl (C=O) groups excluding carboxylic acids is 2. The minimum atomic E-state index is -0.423. The number of hydrogen-bond acceptors (Lipinski definition) is 4. The van der Waals surface area contributed by atoms with Crippen molar-refractivity contribution in [3.8, 4) is 0 Å². The van der Waals surface area contributed by atoms with Crippen LogP contribution in [0, 0.1) is 0 Å². The molecule has 0 aliphatic carbocycles. The Kier molecular flexibility index (Phi) is 5.63. The topological polar surface area (TPSA) is 67.4 Å². The number of fused-ring (bicyclic) bond motifs is 1. The molecule has 1 amide bonds. The molecule has 2 N–H and O–H groups in total. The van der Waals surface area contributed by atoms with Crippen LogP contribution < -0.4 is 10.6 Å². The van der Waals surface area contributed by atoms with Crippen molar-refractivity contribution in [3.63, 3.8) is 0 Å². The first-order valence-electron chi connectivity index (χ1n) is 6.01. The number of nitrogens with one attached hydrogen (secondary N) is 2. The summed E-state index contributed by atoms with van der Waals surface area (Å²) in [7, 11) is 0. The fraction of sp³-hybridized carbons (Fsp3) is 0.385. The Morgan fingerprint density at radius 2 is 2.21 bits per heavy atom. The van der Waals surface area contributed by atoms with Gasteiger partial charge in [0.2, 0.25) is 0 Å². The fourth-order valence-electron chi connectivity index (χ4n) is 1.91. The molecule has 0 saturated carbocycles. The van der Waals surface area contributed by atoms with Gasteiger partial charge in [-0.3, -0.25) is 9.59 Å². The van der Waals surface area contributed by atoms with Gasteiger partial charge >= 0.3 is 5.97 Å². The van der Waals surface area contributed by atoms with Gasteiger partial charge in [0.15, 0.2) is 0 Å². The highest BCUT2D eigenvalue weighted by Crippen LogP contribution is 2.22. The standard InChI is InChI=1S/C13H16N2O3.ClH/c1-2-18-12(16)8-15-13(17)10-3-4-11-9(7-10)5-6-14-11;/h3-4,7,14H,2,5-6,8H2,1H3,(H,15,17);1H. The van der Waals surface area contributed by atoms with Crippen LogP contribution >= 0.6 is 12.4 Å². The van der Waals surface area contributed by atoms with Gasteiger partial charge in [-0.25, -0.2) is 0 Å². The predicted octanol–water partition coefficient (Wildman–Crippen LogP) is 1.37. The maximum Gasteiger partial charge on any atom is 0.325 e. The van der Waals surface area contributed by atoms with E-state index >= 15 is 0 Å². The molecule has 19 heavy (non-hydrogen) atoms. The molecule has 1 aliphatic rings. The zero-order chi connectivity index (χ0) is 13.0. The van der Waals surface area contributed by atoms with E-state index in [0.29, 0.717) is 12.2 Å². The van der Waals surface area contributed by atoms with Gasteiger partial charge in [0.05, 0.1) is 6.61 Å². The lowest BCUT2D eigenvalue weighted by atomic mass is 10.1. The van der Waals surface area contributed by atoms with Crippen LogP contribution in [0.25, 0.3) is 0 Å². The molecule has 0 spiro atoms. The van der Waals surface area contributed by atoms with Crippen molar-refractivity contribution in [2.24, 2.45) is 0 Å². The van der Waals surface area contributed by atoms with Crippen LogP contribution in [0.15, 0.2) is 18.2 Å². The van der Waals surface area contributed by atoms with Crippen LogP contribution in [0.3, 0.4) is 0 Å². The van der Waals surface area contributed by atoms with Crippen molar-refractivity contribution in [1.29, 1.82) is 0 Å². The zero-order valence-corrected chi connectivity index (χ0v) is 11.5. The molecule has 104 valence electrons. The lowest BCUT2D eigenvalue weighted by Crippen LogP contribution is -2.30. The van der Waals surface area contributed by atoms with Gasteiger partial charge in [0, 0.05) is 17.8 Å². The lowest BCUT2D eigenvalue weighted by molar-refractivity contribution is -0.141. The lowest BCUT2D eigenvalue weighted by Gasteiger charge is -2.06. The second-order valence-corrected chi connectivity index (χ2v) is 4.04. The van der Waals surface area contributed by atoms with E-state index in [2.05, 4.69) is 10.6 Å². The molecule has 0 atom stereocenters. The Morgan fingerprint density at radius 1 is 1.42 bits per heavy atom. The average molecular weight is 285 g/mol. The number of anilines is 1. The fourth-order valence-corrected chi connectivity index (χ4v) is 1.91. The van der Waals surface area contributed by atoms with E-state index in [1.165, 1.54) is 0 Å². The average Bonchev–Trinajstić information content (AvgIpc) is 2.83. The Balaban J connectivity index is 0.00000180. The highest BCUT2D eigenvalue weighted by molar-refractivity contribution is 5.96. The first-order chi connectivity index (χ1) is 8.70. The molecule has 0 bridgehead atoms. The summed E-state index contributed by atoms with van der Waals surface area (Å²) in [5.41, 5.74) is 2.79. The van der Waals surface area contributed by atoms with E-state index in [1.54, 1.807) is 13.0 Å². The number of esters is 1. The molecule has 0 aromatic heterocycles. The summed E-state index contributed by atoms with van der Waals surface area (Å²) >= 11 is 0. The summed E-state index contributed by atoms with van der Waals surface area (Å²) in [5, 5.41) is 5.77. The molecule has 0 fully saturated rings. The van der Waals surface area contributed by atoms with Crippen molar-refractivity contribution < 1.29 is 14.3 Å². The van der Waals surface area contributed by atoms with Gasteiger partial charge in [-0.2, -0.15) is 0 Å². The summed E-state index contributed by atoms with van der Waals surface area (Å²) in [6.07, 6.45) is 0.925. The summed E-state index contributed by atoms with van der Waals surface area (Å²) in [4.78, 5) is 22.9. The van der Waals surface area contributed by atoms with Gasteiger partial charge < -0.3 is 15.4 Å². The minimum Gasteiger partial charge on any atom is -0.465 e. The molecule has 0 unspecified atom stereocenters. The van der Waals surface area contributed by atoms with Crippen LogP contribution in [0.1, 0.15) is 22.8 Å². The van der Waals surface area contributed by atoms with Crippen molar-refractivity contribution in [1.82, 2.24) is 5.32 Å². The number of carbonyl (C=O) groups is 2. The van der Waals surface area contributed by atoms with Crippen LogP contribution in [0.4, 0.5) is 5.69 Å². The maximum atomic E-state index is 11.8. The van der Waals surface area contributed by atoms with E-state index in [9.17, 15) is 9.59 Å². The molecule has 6 heteroatoms. The Morgan fingerprint density at radius 3 is 2.95 bits per heavy atom. The van der Waals surface area contributed by atoms with Gasteiger partial charge in [-0.15, -0.1) is 12.4 Å². The van der Waals surface area contributed by atoms with Crippen LogP contribution in [-0.4, -0.2) is 31.6 Å². The van der Waals surface area contributed by atoms with Crippen LogP contribution in [0.2, 0.25) is 0 Å². The number of ether oxygens (including phenoxy) is 1. The van der Waals surface area contributed by atoms with Gasteiger partial charge in [-0.1, -0.05) is 0 Å². The third kappa shape index (κ3) is 3.86. The van der Waals surface area contributed by atoms with E-state index < -0.39 is 5.97 Å².